The summed E-state index contributed by atoms with van der Waals surface area (Å²) < 4.78 is 0. The molecule has 2 atom stereocenters. The minimum atomic E-state index is 0.0570. The van der Waals surface area contributed by atoms with E-state index in [0.717, 1.165) is 48.1 Å². The van der Waals surface area contributed by atoms with Crippen LogP contribution in [-0.4, -0.2) is 34.4 Å². The van der Waals surface area contributed by atoms with Crippen LogP contribution < -0.4 is 0 Å². The van der Waals surface area contributed by atoms with Gasteiger partial charge in [-0.2, -0.15) is 0 Å². The van der Waals surface area contributed by atoms with Gasteiger partial charge in [0.1, 0.15) is 0 Å². The monoisotopic (exact) mass is 428 g/mol. The van der Waals surface area contributed by atoms with Gasteiger partial charge < -0.3 is 5.21 Å². The van der Waals surface area contributed by atoms with Gasteiger partial charge in [-0.25, -0.2) is 0 Å². The van der Waals surface area contributed by atoms with E-state index in [4.69, 9.17) is 23.2 Å². The largest absolute Gasteiger partial charge is 0.411 e. The number of rotatable bonds is 3. The molecule has 1 heterocycles. The van der Waals surface area contributed by atoms with Crippen molar-refractivity contribution in [2.24, 2.45) is 11.1 Å². The first-order chi connectivity index (χ1) is 14.1. The van der Waals surface area contributed by atoms with Gasteiger partial charge >= 0.3 is 0 Å². The van der Waals surface area contributed by atoms with Crippen molar-refractivity contribution in [3.63, 3.8) is 0 Å². The smallest absolute Gasteiger partial charge is 0.0632 e. The SMILES string of the molecule is O/N=C1/CC2(N3CCCC3)CC(c3ccc(Cl)cc3)C1C(c1ccc(Cl)cc1)C2. The van der Waals surface area contributed by atoms with Crippen molar-refractivity contribution in [1.82, 2.24) is 4.90 Å². The first kappa shape index (κ1) is 19.4. The van der Waals surface area contributed by atoms with Crippen LogP contribution in [0.15, 0.2) is 53.7 Å². The second-order valence-electron chi connectivity index (χ2n) is 8.94. The molecule has 6 rings (SSSR count). The standard InChI is InChI=1S/C24H26Cl2N2O/c25-18-7-3-16(4-8-18)20-13-24(28-11-1-2-12-28)14-21(23(20)22(15-24)27-29)17-5-9-19(26)10-6-17/h3-10,20-21,23,29H,1-2,11-15H2/b27-22-. The van der Waals surface area contributed by atoms with E-state index in [1.165, 1.54) is 24.0 Å². The van der Waals surface area contributed by atoms with Crippen molar-refractivity contribution in [3.05, 3.63) is 69.7 Å². The molecule has 0 spiro atoms. The molecule has 2 aromatic carbocycles. The maximum atomic E-state index is 10.0. The van der Waals surface area contributed by atoms with Crippen LogP contribution >= 0.6 is 23.2 Å². The van der Waals surface area contributed by atoms with Crippen LogP contribution in [0, 0.1) is 5.92 Å². The Balaban J connectivity index is 1.62. The van der Waals surface area contributed by atoms with Gasteiger partial charge in [-0.15, -0.1) is 0 Å². The molecule has 4 aliphatic rings. The zero-order valence-corrected chi connectivity index (χ0v) is 17.9. The lowest BCUT2D eigenvalue weighted by Gasteiger charge is -2.58. The fourth-order valence-corrected chi connectivity index (χ4v) is 6.49. The number of hydrogen-bond donors (Lipinski definition) is 1. The van der Waals surface area contributed by atoms with E-state index in [1.54, 1.807) is 0 Å². The second kappa shape index (κ2) is 7.61. The molecule has 2 aromatic rings. The first-order valence-corrected chi connectivity index (χ1v) is 11.3. The number of benzene rings is 2. The van der Waals surface area contributed by atoms with Crippen LogP contribution in [0.4, 0.5) is 0 Å². The summed E-state index contributed by atoms with van der Waals surface area (Å²) in [6.45, 7) is 2.29. The number of hydrogen-bond acceptors (Lipinski definition) is 3. The Kier molecular flexibility index (Phi) is 5.09. The van der Waals surface area contributed by atoms with Crippen molar-refractivity contribution in [3.8, 4) is 0 Å². The predicted octanol–water partition coefficient (Wildman–Crippen LogP) is 6.34. The lowest BCUT2D eigenvalue weighted by Crippen LogP contribution is -2.60. The van der Waals surface area contributed by atoms with Crippen LogP contribution in [0.2, 0.25) is 10.0 Å². The Labute approximate surface area is 182 Å². The molecule has 3 saturated carbocycles. The molecule has 1 aliphatic heterocycles. The van der Waals surface area contributed by atoms with E-state index in [2.05, 4.69) is 34.3 Å². The summed E-state index contributed by atoms with van der Waals surface area (Å²) in [5.41, 5.74) is 3.60. The summed E-state index contributed by atoms with van der Waals surface area (Å²) >= 11 is 12.3. The molecule has 0 amide bonds. The van der Waals surface area contributed by atoms with Crippen molar-refractivity contribution in [2.45, 2.75) is 49.5 Å². The number of nitrogens with zero attached hydrogens (tertiary/aromatic N) is 2. The van der Waals surface area contributed by atoms with Crippen LogP contribution in [0.25, 0.3) is 0 Å². The normalized spacial score (nSPS) is 33.4. The lowest BCUT2D eigenvalue weighted by atomic mass is 9.52. The first-order valence-electron chi connectivity index (χ1n) is 10.6. The Morgan fingerprint density at radius 2 is 1.31 bits per heavy atom. The molecule has 0 radical (unpaired) electrons. The zero-order chi connectivity index (χ0) is 20.0. The Bertz CT molecular complexity index is 848. The van der Waals surface area contributed by atoms with E-state index in [-0.39, 0.29) is 11.5 Å². The quantitative estimate of drug-likeness (QED) is 0.457. The number of oxime groups is 1. The number of halogens is 2. The predicted molar refractivity (Wildman–Crippen MR) is 118 cm³/mol. The molecular formula is C24H26Cl2N2O. The summed E-state index contributed by atoms with van der Waals surface area (Å²) in [5, 5.41) is 15.4. The van der Waals surface area contributed by atoms with Gasteiger partial charge in [0.05, 0.1) is 5.71 Å². The molecule has 152 valence electrons. The highest BCUT2D eigenvalue weighted by Gasteiger charge is 2.57. The van der Waals surface area contributed by atoms with Crippen LogP contribution in [0.1, 0.15) is 55.1 Å². The summed E-state index contributed by atoms with van der Waals surface area (Å²) in [4.78, 5) is 2.68. The summed E-state index contributed by atoms with van der Waals surface area (Å²) in [7, 11) is 0. The Hall–Kier alpha value is -1.55. The minimum absolute atomic E-state index is 0.0570. The molecule has 2 bridgehead atoms. The highest BCUT2D eigenvalue weighted by molar-refractivity contribution is 6.30. The highest BCUT2D eigenvalue weighted by atomic mass is 35.5. The van der Waals surface area contributed by atoms with Gasteiger partial charge in [-0.1, -0.05) is 52.6 Å². The molecular weight excluding hydrogens is 403 g/mol. The number of fused-ring (bicyclic) bond motifs is 3. The van der Waals surface area contributed by atoms with Gasteiger partial charge in [-0.05, 0) is 86.0 Å². The van der Waals surface area contributed by atoms with Gasteiger partial charge in [0, 0.05) is 27.9 Å². The zero-order valence-electron chi connectivity index (χ0n) is 16.4. The summed E-state index contributed by atoms with van der Waals surface area (Å²) in [5.74, 6) is 0.843. The Morgan fingerprint density at radius 1 is 0.828 bits per heavy atom. The second-order valence-corrected chi connectivity index (χ2v) is 9.81. The molecule has 29 heavy (non-hydrogen) atoms. The average molecular weight is 429 g/mol. The fraction of sp³-hybridized carbons (Fsp3) is 0.458. The van der Waals surface area contributed by atoms with Crippen LogP contribution in [0.5, 0.6) is 0 Å². The van der Waals surface area contributed by atoms with E-state index in [9.17, 15) is 5.21 Å². The van der Waals surface area contributed by atoms with E-state index in [1.807, 2.05) is 24.3 Å². The maximum Gasteiger partial charge on any atom is 0.0632 e. The van der Waals surface area contributed by atoms with Gasteiger partial charge in [0.2, 0.25) is 0 Å². The van der Waals surface area contributed by atoms with E-state index >= 15 is 0 Å². The van der Waals surface area contributed by atoms with Crippen molar-refractivity contribution >= 4 is 28.9 Å². The van der Waals surface area contributed by atoms with Gasteiger partial charge in [-0.3, -0.25) is 4.90 Å². The third-order valence-corrected chi connectivity index (χ3v) is 7.97. The van der Waals surface area contributed by atoms with Crippen molar-refractivity contribution in [1.29, 1.82) is 0 Å². The molecule has 1 N–H and O–H groups in total. The lowest BCUT2D eigenvalue weighted by molar-refractivity contribution is 0.0266. The number of likely N-dealkylation sites (tertiary alicyclic amines) is 1. The van der Waals surface area contributed by atoms with E-state index in [0.29, 0.717) is 11.8 Å². The Morgan fingerprint density at radius 3 is 1.76 bits per heavy atom. The molecule has 2 unspecified atom stereocenters. The molecule has 1 saturated heterocycles. The van der Waals surface area contributed by atoms with Gasteiger partial charge in [0.15, 0.2) is 0 Å². The average Bonchev–Trinajstić information content (AvgIpc) is 3.30. The minimum Gasteiger partial charge on any atom is -0.411 e. The highest BCUT2D eigenvalue weighted by Crippen LogP contribution is 2.59. The third-order valence-electron chi connectivity index (χ3n) is 7.46. The summed E-state index contributed by atoms with van der Waals surface area (Å²) in [6.07, 6.45) is 5.62. The molecule has 5 heteroatoms. The third kappa shape index (κ3) is 3.37. The topological polar surface area (TPSA) is 35.8 Å². The van der Waals surface area contributed by atoms with Crippen molar-refractivity contribution < 1.29 is 5.21 Å². The van der Waals surface area contributed by atoms with Crippen molar-refractivity contribution in [2.75, 3.05) is 13.1 Å². The fourth-order valence-electron chi connectivity index (χ4n) is 6.23. The maximum absolute atomic E-state index is 10.0. The molecule has 4 fully saturated rings. The van der Waals surface area contributed by atoms with E-state index < -0.39 is 0 Å². The van der Waals surface area contributed by atoms with Crippen LogP contribution in [0.3, 0.4) is 0 Å². The molecule has 0 aromatic heterocycles. The molecule has 3 nitrogen and oxygen atoms in total. The molecule has 3 aliphatic carbocycles. The van der Waals surface area contributed by atoms with Gasteiger partial charge in [0.25, 0.3) is 0 Å². The summed E-state index contributed by atoms with van der Waals surface area (Å²) in [6, 6.07) is 16.5. The van der Waals surface area contributed by atoms with Crippen LogP contribution in [-0.2, 0) is 0 Å².